The number of nitro benzene ring substituents is 1. The van der Waals surface area contributed by atoms with E-state index in [1.165, 1.54) is 17.4 Å². The highest BCUT2D eigenvalue weighted by Gasteiger charge is 2.47. The second-order valence-electron chi connectivity index (χ2n) is 5.15. The summed E-state index contributed by atoms with van der Waals surface area (Å²) in [6, 6.07) is 6.91. The summed E-state index contributed by atoms with van der Waals surface area (Å²) in [5.74, 6) is 0.614. The van der Waals surface area contributed by atoms with Crippen LogP contribution in [0.15, 0.2) is 29.8 Å². The van der Waals surface area contributed by atoms with E-state index in [-0.39, 0.29) is 16.0 Å². The normalized spacial score (nSPS) is 25.8. The van der Waals surface area contributed by atoms with Gasteiger partial charge in [-0.05, 0) is 24.3 Å². The van der Waals surface area contributed by atoms with Crippen molar-refractivity contribution in [3.8, 4) is 0 Å². The maximum atomic E-state index is 10.9. The molecule has 98 valence electrons. The fourth-order valence-corrected chi connectivity index (χ4v) is 3.76. The number of nitrogens with zero attached hydrogens (tertiary/aromatic N) is 3. The molecular weight excluding hydrogens is 262 g/mol. The van der Waals surface area contributed by atoms with Crippen LogP contribution in [0.1, 0.15) is 30.3 Å². The van der Waals surface area contributed by atoms with Gasteiger partial charge in [0.05, 0.1) is 4.92 Å². The van der Waals surface area contributed by atoms with Gasteiger partial charge in [-0.2, -0.15) is 0 Å². The predicted molar refractivity (Wildman–Crippen MR) is 72.2 cm³/mol. The molecule has 0 amide bonds. The van der Waals surface area contributed by atoms with E-state index >= 15 is 0 Å². The molecule has 0 spiro atoms. The van der Waals surface area contributed by atoms with Gasteiger partial charge in [0.15, 0.2) is 0 Å². The summed E-state index contributed by atoms with van der Waals surface area (Å²) < 4.78 is 0. The Hall–Kier alpha value is -1.82. The lowest BCUT2D eigenvalue weighted by Crippen LogP contribution is -2.41. The van der Waals surface area contributed by atoms with E-state index in [0.717, 1.165) is 23.4 Å². The molecule has 0 aliphatic heterocycles. The lowest BCUT2D eigenvalue weighted by Gasteiger charge is -2.45. The van der Waals surface area contributed by atoms with Crippen molar-refractivity contribution < 1.29 is 4.92 Å². The average molecular weight is 275 g/mol. The number of rotatable bonds is 3. The zero-order chi connectivity index (χ0) is 13.5. The smallest absolute Gasteiger partial charge is 0.258 e. The van der Waals surface area contributed by atoms with Gasteiger partial charge >= 0.3 is 0 Å². The molecule has 1 heterocycles. The molecule has 1 aliphatic carbocycles. The molecule has 1 aromatic heterocycles. The molecule has 3 rings (SSSR count). The molecule has 0 atom stereocenters. The molecule has 1 saturated carbocycles. The van der Waals surface area contributed by atoms with Crippen LogP contribution in [0.5, 0.6) is 0 Å². The molecule has 5 nitrogen and oxygen atoms in total. The summed E-state index contributed by atoms with van der Waals surface area (Å²) >= 11 is 1.52. The maximum Gasteiger partial charge on any atom is 0.269 e. The van der Waals surface area contributed by atoms with Gasteiger partial charge < -0.3 is 0 Å². The van der Waals surface area contributed by atoms with E-state index in [2.05, 4.69) is 17.1 Å². The SMILES string of the molecule is CC1CC(c2cccc([N+](=O)[O-])c2)(c2nncs2)C1. The summed E-state index contributed by atoms with van der Waals surface area (Å²) in [6.45, 7) is 2.19. The Kier molecular flexibility index (Phi) is 2.82. The fraction of sp³-hybridized carbons (Fsp3) is 0.385. The average Bonchev–Trinajstić information content (AvgIpc) is 2.89. The van der Waals surface area contributed by atoms with Crippen LogP contribution >= 0.6 is 11.3 Å². The van der Waals surface area contributed by atoms with Crippen molar-refractivity contribution in [1.29, 1.82) is 0 Å². The summed E-state index contributed by atoms with van der Waals surface area (Å²) in [7, 11) is 0. The molecule has 0 saturated heterocycles. The first-order valence-electron chi connectivity index (χ1n) is 6.13. The molecule has 0 radical (unpaired) electrons. The first kappa shape index (κ1) is 12.2. The molecule has 6 heteroatoms. The standard InChI is InChI=1S/C13H13N3O2S/c1-9-6-13(7-9,12-15-14-8-19-12)10-3-2-4-11(5-10)16(17)18/h2-5,8-9H,6-7H2,1H3. The quantitative estimate of drug-likeness (QED) is 0.637. The van der Waals surface area contributed by atoms with Crippen molar-refractivity contribution in [1.82, 2.24) is 10.2 Å². The largest absolute Gasteiger partial charge is 0.269 e. The van der Waals surface area contributed by atoms with Crippen LogP contribution in [0, 0.1) is 16.0 Å². The Morgan fingerprint density at radius 2 is 2.26 bits per heavy atom. The number of benzene rings is 1. The Morgan fingerprint density at radius 1 is 1.47 bits per heavy atom. The number of hydrogen-bond donors (Lipinski definition) is 0. The Morgan fingerprint density at radius 3 is 2.84 bits per heavy atom. The zero-order valence-corrected chi connectivity index (χ0v) is 11.3. The van der Waals surface area contributed by atoms with Gasteiger partial charge in [0.25, 0.3) is 5.69 Å². The fourth-order valence-electron chi connectivity index (χ4n) is 2.96. The van der Waals surface area contributed by atoms with Crippen LogP contribution in [0.3, 0.4) is 0 Å². The van der Waals surface area contributed by atoms with Crippen LogP contribution in [-0.2, 0) is 5.41 Å². The number of aromatic nitrogens is 2. The second kappa shape index (κ2) is 4.38. The number of non-ortho nitro benzene ring substituents is 1. The van der Waals surface area contributed by atoms with Gasteiger partial charge in [-0.3, -0.25) is 10.1 Å². The topological polar surface area (TPSA) is 68.9 Å². The van der Waals surface area contributed by atoms with Crippen LogP contribution in [0.2, 0.25) is 0 Å². The Bertz CT molecular complexity index is 606. The van der Waals surface area contributed by atoms with E-state index in [9.17, 15) is 10.1 Å². The third kappa shape index (κ3) is 1.92. The van der Waals surface area contributed by atoms with Gasteiger partial charge in [-0.15, -0.1) is 21.5 Å². The van der Waals surface area contributed by atoms with Gasteiger partial charge in [0.1, 0.15) is 10.5 Å². The van der Waals surface area contributed by atoms with E-state index in [1.54, 1.807) is 17.6 Å². The predicted octanol–water partition coefficient (Wildman–Crippen LogP) is 3.16. The van der Waals surface area contributed by atoms with Crippen molar-refractivity contribution in [2.24, 2.45) is 5.92 Å². The Balaban J connectivity index is 2.07. The molecule has 1 aromatic carbocycles. The van der Waals surface area contributed by atoms with Crippen molar-refractivity contribution >= 4 is 17.0 Å². The van der Waals surface area contributed by atoms with E-state index in [0.29, 0.717) is 5.92 Å². The van der Waals surface area contributed by atoms with Crippen LogP contribution in [0.4, 0.5) is 5.69 Å². The van der Waals surface area contributed by atoms with E-state index < -0.39 is 0 Å². The van der Waals surface area contributed by atoms with Crippen LogP contribution < -0.4 is 0 Å². The van der Waals surface area contributed by atoms with Gasteiger partial charge in [0, 0.05) is 17.5 Å². The van der Waals surface area contributed by atoms with Crippen LogP contribution in [-0.4, -0.2) is 15.1 Å². The molecule has 1 aliphatic rings. The first-order valence-corrected chi connectivity index (χ1v) is 7.01. The van der Waals surface area contributed by atoms with Crippen molar-refractivity contribution in [3.05, 3.63) is 50.5 Å². The van der Waals surface area contributed by atoms with Crippen molar-refractivity contribution in [2.75, 3.05) is 0 Å². The molecule has 19 heavy (non-hydrogen) atoms. The molecule has 2 aromatic rings. The third-order valence-electron chi connectivity index (χ3n) is 3.77. The molecule has 0 bridgehead atoms. The van der Waals surface area contributed by atoms with Gasteiger partial charge in [-0.1, -0.05) is 19.1 Å². The molecule has 0 N–H and O–H groups in total. The summed E-state index contributed by atoms with van der Waals surface area (Å²) in [6.07, 6.45) is 1.95. The minimum Gasteiger partial charge on any atom is -0.258 e. The monoisotopic (exact) mass is 275 g/mol. The van der Waals surface area contributed by atoms with Crippen molar-refractivity contribution in [3.63, 3.8) is 0 Å². The summed E-state index contributed by atoms with van der Waals surface area (Å²) in [4.78, 5) is 10.6. The molecular formula is C13H13N3O2S. The minimum atomic E-state index is -0.348. The summed E-state index contributed by atoms with van der Waals surface area (Å²) in [5, 5.41) is 20.0. The molecule has 1 fully saturated rings. The first-order chi connectivity index (χ1) is 9.12. The van der Waals surface area contributed by atoms with Gasteiger partial charge in [-0.25, -0.2) is 0 Å². The Labute approximate surface area is 114 Å². The summed E-state index contributed by atoms with van der Waals surface area (Å²) in [5.41, 5.74) is 2.67. The second-order valence-corrected chi connectivity index (χ2v) is 5.98. The highest BCUT2D eigenvalue weighted by atomic mass is 32.1. The lowest BCUT2D eigenvalue weighted by molar-refractivity contribution is -0.385. The molecule has 0 unspecified atom stereocenters. The third-order valence-corrected chi connectivity index (χ3v) is 4.67. The number of hydrogen-bond acceptors (Lipinski definition) is 5. The van der Waals surface area contributed by atoms with Crippen LogP contribution in [0.25, 0.3) is 0 Å². The number of nitro groups is 1. The lowest BCUT2D eigenvalue weighted by atomic mass is 9.59. The zero-order valence-electron chi connectivity index (χ0n) is 10.4. The van der Waals surface area contributed by atoms with E-state index in [4.69, 9.17) is 0 Å². The minimum absolute atomic E-state index is 0.140. The highest BCUT2D eigenvalue weighted by Crippen LogP contribution is 2.52. The van der Waals surface area contributed by atoms with Gasteiger partial charge in [0.2, 0.25) is 0 Å². The highest BCUT2D eigenvalue weighted by molar-refractivity contribution is 7.09. The maximum absolute atomic E-state index is 10.9. The van der Waals surface area contributed by atoms with Crippen molar-refractivity contribution in [2.45, 2.75) is 25.2 Å². The van der Waals surface area contributed by atoms with E-state index in [1.807, 2.05) is 6.07 Å².